The highest BCUT2D eigenvalue weighted by molar-refractivity contribution is 5.85. The summed E-state index contributed by atoms with van der Waals surface area (Å²) < 4.78 is 0. The van der Waals surface area contributed by atoms with E-state index in [1.54, 1.807) is 18.3 Å². The molecule has 0 aromatic carbocycles. The number of halogens is 1. The van der Waals surface area contributed by atoms with Crippen molar-refractivity contribution >= 4 is 18.2 Å². The summed E-state index contributed by atoms with van der Waals surface area (Å²) in [7, 11) is 0. The lowest BCUT2D eigenvalue weighted by Crippen LogP contribution is -2.26. The number of anilines is 1. The van der Waals surface area contributed by atoms with Gasteiger partial charge in [0.25, 0.3) is 0 Å². The number of pyridine rings is 1. The lowest BCUT2D eigenvalue weighted by Gasteiger charge is -2.16. The number of aromatic nitrogens is 1. The zero-order valence-electron chi connectivity index (χ0n) is 8.26. The van der Waals surface area contributed by atoms with E-state index in [1.807, 2.05) is 0 Å². The minimum absolute atomic E-state index is 0. The van der Waals surface area contributed by atoms with Gasteiger partial charge < -0.3 is 10.6 Å². The van der Waals surface area contributed by atoms with Crippen LogP contribution in [0.3, 0.4) is 0 Å². The van der Waals surface area contributed by atoms with E-state index in [1.165, 1.54) is 0 Å². The summed E-state index contributed by atoms with van der Waals surface area (Å²) in [5.74, 6) is 0.858. The molecule has 5 heteroatoms. The summed E-state index contributed by atoms with van der Waals surface area (Å²) >= 11 is 0. The van der Waals surface area contributed by atoms with Crippen molar-refractivity contribution in [3.63, 3.8) is 0 Å². The number of nitrogens with two attached hydrogens (primary N) is 1. The molecule has 1 aliphatic heterocycles. The maximum Gasteiger partial charge on any atom is 0.129 e. The van der Waals surface area contributed by atoms with Crippen molar-refractivity contribution in [2.24, 2.45) is 5.73 Å². The molecular formula is C10H13ClN4. The molecule has 2 N–H and O–H groups in total. The number of nitrogens with zero attached hydrogens (tertiary/aromatic N) is 3. The molecule has 1 aromatic rings. The van der Waals surface area contributed by atoms with Crippen LogP contribution in [0.4, 0.5) is 5.82 Å². The standard InChI is InChI=1S/C10H12N4.ClH/c11-6-8-1-3-13-10(5-8)14-4-2-9(12)7-14;/h1,3,5,9H,2,4,7,12H2;1H. The molecule has 0 spiro atoms. The third-order valence-corrected chi connectivity index (χ3v) is 2.42. The minimum atomic E-state index is 0. The second-order valence-corrected chi connectivity index (χ2v) is 3.51. The molecule has 2 heterocycles. The van der Waals surface area contributed by atoms with Crippen molar-refractivity contribution in [1.82, 2.24) is 4.98 Å². The molecule has 2 rings (SSSR count). The Bertz CT molecular complexity index is 374. The maximum atomic E-state index is 8.74. The maximum absolute atomic E-state index is 8.74. The molecule has 1 fully saturated rings. The van der Waals surface area contributed by atoms with Crippen LogP contribution in [0.2, 0.25) is 0 Å². The lowest BCUT2D eigenvalue weighted by atomic mass is 10.3. The van der Waals surface area contributed by atoms with E-state index in [2.05, 4.69) is 16.0 Å². The first-order valence-corrected chi connectivity index (χ1v) is 4.66. The predicted octanol–water partition coefficient (Wildman–Crippen LogP) is 0.912. The van der Waals surface area contributed by atoms with Gasteiger partial charge in [-0.2, -0.15) is 5.26 Å². The largest absolute Gasteiger partial charge is 0.355 e. The summed E-state index contributed by atoms with van der Waals surface area (Å²) in [6.45, 7) is 1.77. The fourth-order valence-corrected chi connectivity index (χ4v) is 1.66. The van der Waals surface area contributed by atoms with Crippen molar-refractivity contribution in [2.75, 3.05) is 18.0 Å². The molecule has 0 aliphatic carbocycles. The quantitative estimate of drug-likeness (QED) is 0.770. The molecular weight excluding hydrogens is 212 g/mol. The van der Waals surface area contributed by atoms with Gasteiger partial charge in [-0.15, -0.1) is 12.4 Å². The fraction of sp³-hybridized carbons (Fsp3) is 0.400. The Balaban J connectivity index is 0.00000112. The van der Waals surface area contributed by atoms with E-state index in [0.717, 1.165) is 25.3 Å². The third-order valence-electron chi connectivity index (χ3n) is 2.42. The smallest absolute Gasteiger partial charge is 0.129 e. The molecule has 15 heavy (non-hydrogen) atoms. The van der Waals surface area contributed by atoms with Gasteiger partial charge in [-0.1, -0.05) is 0 Å². The highest BCUT2D eigenvalue weighted by atomic mass is 35.5. The van der Waals surface area contributed by atoms with Crippen molar-refractivity contribution in [2.45, 2.75) is 12.5 Å². The fourth-order valence-electron chi connectivity index (χ4n) is 1.66. The van der Waals surface area contributed by atoms with Gasteiger partial charge in [-0.3, -0.25) is 0 Å². The molecule has 1 aromatic heterocycles. The van der Waals surface area contributed by atoms with Crippen LogP contribution in [0.1, 0.15) is 12.0 Å². The zero-order chi connectivity index (χ0) is 9.97. The van der Waals surface area contributed by atoms with E-state index in [-0.39, 0.29) is 18.4 Å². The van der Waals surface area contributed by atoms with Crippen LogP contribution >= 0.6 is 12.4 Å². The van der Waals surface area contributed by atoms with Crippen molar-refractivity contribution in [3.05, 3.63) is 23.9 Å². The van der Waals surface area contributed by atoms with Crippen molar-refractivity contribution in [1.29, 1.82) is 5.26 Å². The first-order chi connectivity index (χ1) is 6.79. The Kier molecular flexibility index (Phi) is 3.89. The molecule has 1 unspecified atom stereocenters. The van der Waals surface area contributed by atoms with Crippen molar-refractivity contribution in [3.8, 4) is 6.07 Å². The molecule has 4 nitrogen and oxygen atoms in total. The molecule has 0 saturated carbocycles. The van der Waals surface area contributed by atoms with Crippen LogP contribution in [0.25, 0.3) is 0 Å². The average molecular weight is 225 g/mol. The second kappa shape index (κ2) is 4.96. The van der Waals surface area contributed by atoms with Gasteiger partial charge in [0.2, 0.25) is 0 Å². The summed E-state index contributed by atoms with van der Waals surface area (Å²) in [4.78, 5) is 6.34. The first kappa shape index (κ1) is 11.8. The summed E-state index contributed by atoms with van der Waals surface area (Å²) in [5.41, 5.74) is 6.45. The topological polar surface area (TPSA) is 65.9 Å². The van der Waals surface area contributed by atoms with Gasteiger partial charge in [0.05, 0.1) is 11.6 Å². The van der Waals surface area contributed by atoms with Crippen LogP contribution in [0.5, 0.6) is 0 Å². The van der Waals surface area contributed by atoms with Gasteiger partial charge in [0, 0.05) is 25.3 Å². The van der Waals surface area contributed by atoms with E-state index in [9.17, 15) is 0 Å². The zero-order valence-corrected chi connectivity index (χ0v) is 9.07. The highest BCUT2D eigenvalue weighted by Crippen LogP contribution is 2.17. The van der Waals surface area contributed by atoms with E-state index >= 15 is 0 Å². The number of hydrogen-bond acceptors (Lipinski definition) is 4. The molecule has 1 atom stereocenters. The normalized spacial score (nSPS) is 19.5. The number of nitriles is 1. The first-order valence-electron chi connectivity index (χ1n) is 4.66. The monoisotopic (exact) mass is 224 g/mol. The average Bonchev–Trinajstić information content (AvgIpc) is 2.65. The van der Waals surface area contributed by atoms with Crippen LogP contribution in [-0.2, 0) is 0 Å². The highest BCUT2D eigenvalue weighted by Gasteiger charge is 2.20. The summed E-state index contributed by atoms with van der Waals surface area (Å²) in [5, 5.41) is 8.74. The second-order valence-electron chi connectivity index (χ2n) is 3.51. The number of rotatable bonds is 1. The molecule has 0 radical (unpaired) electrons. The predicted molar refractivity (Wildman–Crippen MR) is 61.0 cm³/mol. The van der Waals surface area contributed by atoms with Crippen molar-refractivity contribution < 1.29 is 0 Å². The van der Waals surface area contributed by atoms with Crippen LogP contribution in [-0.4, -0.2) is 24.1 Å². The Hall–Kier alpha value is -1.31. The Morgan fingerprint density at radius 3 is 3.00 bits per heavy atom. The lowest BCUT2D eigenvalue weighted by molar-refractivity contribution is 0.751. The van der Waals surface area contributed by atoms with Gasteiger partial charge in [-0.05, 0) is 18.6 Å². The van der Waals surface area contributed by atoms with Crippen LogP contribution in [0.15, 0.2) is 18.3 Å². The van der Waals surface area contributed by atoms with Gasteiger partial charge in [-0.25, -0.2) is 4.98 Å². The Morgan fingerprint density at radius 2 is 2.40 bits per heavy atom. The molecule has 0 bridgehead atoms. The number of hydrogen-bond donors (Lipinski definition) is 1. The minimum Gasteiger partial charge on any atom is -0.355 e. The molecule has 0 amide bonds. The molecule has 1 saturated heterocycles. The summed E-state index contributed by atoms with van der Waals surface area (Å²) in [6, 6.07) is 5.85. The van der Waals surface area contributed by atoms with Crippen LogP contribution in [0, 0.1) is 11.3 Å². The van der Waals surface area contributed by atoms with Crippen LogP contribution < -0.4 is 10.6 Å². The third kappa shape index (κ3) is 2.58. The van der Waals surface area contributed by atoms with Gasteiger partial charge in [0.1, 0.15) is 5.82 Å². The van der Waals surface area contributed by atoms with E-state index in [0.29, 0.717) is 5.56 Å². The van der Waals surface area contributed by atoms with Gasteiger partial charge >= 0.3 is 0 Å². The Labute approximate surface area is 95.1 Å². The SMILES string of the molecule is Cl.N#Cc1ccnc(N2CCC(N)C2)c1. The molecule has 1 aliphatic rings. The molecule has 80 valence electrons. The van der Waals surface area contributed by atoms with E-state index < -0.39 is 0 Å². The Morgan fingerprint density at radius 1 is 1.60 bits per heavy atom. The summed E-state index contributed by atoms with van der Waals surface area (Å²) in [6.07, 6.45) is 2.66. The van der Waals surface area contributed by atoms with Gasteiger partial charge in [0.15, 0.2) is 0 Å². The van der Waals surface area contributed by atoms with E-state index in [4.69, 9.17) is 11.0 Å².